The lowest BCUT2D eigenvalue weighted by atomic mass is 10.2. The molecular formula is C13H20N2. The van der Waals surface area contributed by atoms with Gasteiger partial charge in [-0.05, 0) is 56.0 Å². The van der Waals surface area contributed by atoms with Crippen molar-refractivity contribution < 1.29 is 0 Å². The van der Waals surface area contributed by atoms with Crippen LogP contribution in [0.3, 0.4) is 0 Å². The fourth-order valence-electron chi connectivity index (χ4n) is 1.83. The summed E-state index contributed by atoms with van der Waals surface area (Å²) in [6, 6.07) is 4.18. The van der Waals surface area contributed by atoms with Gasteiger partial charge in [0.15, 0.2) is 0 Å². The average Bonchev–Trinajstić information content (AvgIpc) is 3.09. The second-order valence-electron chi connectivity index (χ2n) is 4.44. The van der Waals surface area contributed by atoms with E-state index in [2.05, 4.69) is 22.4 Å². The molecule has 1 N–H and O–H groups in total. The van der Waals surface area contributed by atoms with E-state index in [-0.39, 0.29) is 0 Å². The molecule has 1 aromatic heterocycles. The van der Waals surface area contributed by atoms with Crippen molar-refractivity contribution in [2.75, 3.05) is 13.1 Å². The van der Waals surface area contributed by atoms with Crippen molar-refractivity contribution >= 4 is 0 Å². The van der Waals surface area contributed by atoms with E-state index in [1.165, 1.54) is 37.8 Å². The third-order valence-electron chi connectivity index (χ3n) is 3.00. The summed E-state index contributed by atoms with van der Waals surface area (Å²) in [5.74, 6) is 1.08. The van der Waals surface area contributed by atoms with E-state index >= 15 is 0 Å². The third-order valence-corrected chi connectivity index (χ3v) is 3.00. The van der Waals surface area contributed by atoms with E-state index in [0.29, 0.717) is 0 Å². The van der Waals surface area contributed by atoms with Crippen molar-refractivity contribution in [1.29, 1.82) is 0 Å². The van der Waals surface area contributed by atoms with Gasteiger partial charge in [-0.3, -0.25) is 4.98 Å². The zero-order chi connectivity index (χ0) is 10.3. The highest BCUT2D eigenvalue weighted by atomic mass is 14.8. The lowest BCUT2D eigenvalue weighted by molar-refractivity contribution is 0.594. The van der Waals surface area contributed by atoms with Gasteiger partial charge >= 0.3 is 0 Å². The van der Waals surface area contributed by atoms with Crippen molar-refractivity contribution in [1.82, 2.24) is 10.3 Å². The second-order valence-corrected chi connectivity index (χ2v) is 4.44. The molecule has 1 heterocycles. The second kappa shape index (κ2) is 5.86. The van der Waals surface area contributed by atoms with Gasteiger partial charge in [-0.15, -0.1) is 0 Å². The molecule has 1 fully saturated rings. The zero-order valence-corrected chi connectivity index (χ0v) is 9.28. The summed E-state index contributed by atoms with van der Waals surface area (Å²) in [5.41, 5.74) is 1.37. The highest BCUT2D eigenvalue weighted by molar-refractivity contribution is 5.09. The highest BCUT2D eigenvalue weighted by Crippen LogP contribution is 2.33. The molecule has 1 aliphatic carbocycles. The van der Waals surface area contributed by atoms with Gasteiger partial charge in [0.2, 0.25) is 0 Å². The largest absolute Gasteiger partial charge is 0.316 e. The maximum atomic E-state index is 4.01. The Bertz CT molecular complexity index is 267. The van der Waals surface area contributed by atoms with E-state index in [4.69, 9.17) is 0 Å². The summed E-state index contributed by atoms with van der Waals surface area (Å²) in [7, 11) is 0. The van der Waals surface area contributed by atoms with Gasteiger partial charge in [0.05, 0.1) is 0 Å². The fourth-order valence-corrected chi connectivity index (χ4v) is 1.83. The van der Waals surface area contributed by atoms with Crippen molar-refractivity contribution in [2.24, 2.45) is 5.92 Å². The molecule has 1 aromatic rings. The highest BCUT2D eigenvalue weighted by Gasteiger charge is 2.19. The van der Waals surface area contributed by atoms with Crippen LogP contribution in [-0.2, 0) is 6.42 Å². The van der Waals surface area contributed by atoms with E-state index in [1.54, 1.807) is 0 Å². The molecule has 0 unspecified atom stereocenters. The van der Waals surface area contributed by atoms with Crippen LogP contribution in [-0.4, -0.2) is 18.1 Å². The Hall–Kier alpha value is -0.890. The van der Waals surface area contributed by atoms with Crippen LogP contribution in [0, 0.1) is 5.92 Å². The first-order valence-electron chi connectivity index (χ1n) is 6.05. The molecule has 0 bridgehead atoms. The van der Waals surface area contributed by atoms with Crippen LogP contribution < -0.4 is 5.32 Å². The summed E-state index contributed by atoms with van der Waals surface area (Å²) >= 11 is 0. The minimum atomic E-state index is 1.08. The zero-order valence-electron chi connectivity index (χ0n) is 9.28. The van der Waals surface area contributed by atoms with E-state index < -0.39 is 0 Å². The van der Waals surface area contributed by atoms with Gasteiger partial charge in [0.1, 0.15) is 0 Å². The minimum Gasteiger partial charge on any atom is -0.316 e. The molecule has 1 aliphatic rings. The van der Waals surface area contributed by atoms with E-state index in [0.717, 1.165) is 18.9 Å². The van der Waals surface area contributed by atoms with Gasteiger partial charge in [-0.25, -0.2) is 0 Å². The van der Waals surface area contributed by atoms with Gasteiger partial charge in [0.25, 0.3) is 0 Å². The Morgan fingerprint density at radius 1 is 1.20 bits per heavy atom. The van der Waals surface area contributed by atoms with Crippen LogP contribution >= 0.6 is 0 Å². The number of aromatic nitrogens is 1. The molecule has 0 spiro atoms. The maximum absolute atomic E-state index is 4.01. The Balaban J connectivity index is 1.47. The number of nitrogens with one attached hydrogen (secondary N) is 1. The first kappa shape index (κ1) is 10.6. The molecule has 2 heteroatoms. The number of hydrogen-bond donors (Lipinski definition) is 1. The van der Waals surface area contributed by atoms with Gasteiger partial charge in [-0.2, -0.15) is 0 Å². The van der Waals surface area contributed by atoms with Crippen molar-refractivity contribution in [2.45, 2.75) is 32.1 Å². The lowest BCUT2D eigenvalue weighted by Crippen LogP contribution is -2.18. The van der Waals surface area contributed by atoms with Crippen LogP contribution in [0.25, 0.3) is 0 Å². The van der Waals surface area contributed by atoms with Crippen molar-refractivity contribution in [3.8, 4) is 0 Å². The van der Waals surface area contributed by atoms with Gasteiger partial charge in [-0.1, -0.05) is 12.8 Å². The number of hydrogen-bond acceptors (Lipinski definition) is 2. The predicted octanol–water partition coefficient (Wildman–Crippen LogP) is 2.40. The monoisotopic (exact) mass is 204 g/mol. The van der Waals surface area contributed by atoms with E-state index in [1.807, 2.05) is 12.4 Å². The summed E-state index contributed by atoms with van der Waals surface area (Å²) < 4.78 is 0. The normalized spacial score (nSPS) is 15.5. The van der Waals surface area contributed by atoms with Crippen LogP contribution in [0.5, 0.6) is 0 Å². The topological polar surface area (TPSA) is 24.9 Å². The van der Waals surface area contributed by atoms with Gasteiger partial charge < -0.3 is 5.32 Å². The van der Waals surface area contributed by atoms with E-state index in [9.17, 15) is 0 Å². The first-order valence-corrected chi connectivity index (χ1v) is 6.05. The Morgan fingerprint density at radius 2 is 2.00 bits per heavy atom. The predicted molar refractivity (Wildman–Crippen MR) is 62.8 cm³/mol. The molecule has 15 heavy (non-hydrogen) atoms. The van der Waals surface area contributed by atoms with Crippen LogP contribution in [0.1, 0.15) is 31.2 Å². The Kier molecular flexibility index (Phi) is 4.15. The molecule has 0 radical (unpaired) electrons. The third kappa shape index (κ3) is 4.43. The molecule has 0 aromatic carbocycles. The maximum Gasteiger partial charge on any atom is 0.0270 e. The van der Waals surface area contributed by atoms with Crippen molar-refractivity contribution in [3.05, 3.63) is 30.1 Å². The molecule has 82 valence electrons. The lowest BCUT2D eigenvalue weighted by Gasteiger charge is -2.04. The number of pyridine rings is 1. The first-order chi connectivity index (χ1) is 7.45. The Morgan fingerprint density at radius 3 is 2.73 bits per heavy atom. The number of nitrogens with zero attached hydrogens (tertiary/aromatic N) is 1. The average molecular weight is 204 g/mol. The number of rotatable bonds is 7. The summed E-state index contributed by atoms with van der Waals surface area (Å²) in [5, 5.41) is 3.50. The molecule has 0 amide bonds. The molecule has 0 aliphatic heterocycles. The van der Waals surface area contributed by atoms with Gasteiger partial charge in [0, 0.05) is 12.4 Å². The molecule has 1 saturated carbocycles. The smallest absolute Gasteiger partial charge is 0.0270 e. The standard InChI is InChI=1S/C13H20N2/c1(2-12-3-4-12)8-14-9-5-13-6-10-15-11-7-13/h6-7,10-12,14H,1-5,8-9H2. The molecule has 0 atom stereocenters. The van der Waals surface area contributed by atoms with Crippen LogP contribution in [0.15, 0.2) is 24.5 Å². The molecule has 0 saturated heterocycles. The molecular weight excluding hydrogens is 184 g/mol. The Labute approximate surface area is 92.1 Å². The van der Waals surface area contributed by atoms with Crippen molar-refractivity contribution in [3.63, 3.8) is 0 Å². The summed E-state index contributed by atoms with van der Waals surface area (Å²) in [4.78, 5) is 4.01. The molecule has 2 rings (SSSR count). The SMILES string of the molecule is c1cc(CCNCCCC2CC2)ccn1. The fraction of sp³-hybridized carbons (Fsp3) is 0.615. The minimum absolute atomic E-state index is 1.08. The molecule has 2 nitrogen and oxygen atoms in total. The summed E-state index contributed by atoms with van der Waals surface area (Å²) in [6.07, 6.45) is 10.6. The summed E-state index contributed by atoms with van der Waals surface area (Å²) in [6.45, 7) is 2.27. The quantitative estimate of drug-likeness (QED) is 0.690. The van der Waals surface area contributed by atoms with Crippen LogP contribution in [0.2, 0.25) is 0 Å². The van der Waals surface area contributed by atoms with Crippen LogP contribution in [0.4, 0.5) is 0 Å².